The molecule has 0 saturated heterocycles. The molecule has 2 aromatic carbocycles. The second-order valence-electron chi connectivity index (χ2n) is 5.07. The zero-order chi connectivity index (χ0) is 15.4. The van der Waals surface area contributed by atoms with Gasteiger partial charge in [0.2, 0.25) is 0 Å². The van der Waals surface area contributed by atoms with Gasteiger partial charge in [-0.3, -0.25) is 10.1 Å². The van der Waals surface area contributed by atoms with Crippen molar-refractivity contribution < 1.29 is 14.4 Å². The minimum absolute atomic E-state index is 0.122. The van der Waals surface area contributed by atoms with Crippen molar-refractivity contribution in [2.24, 2.45) is 5.92 Å². The Kier molecular flexibility index (Phi) is 4.65. The van der Waals surface area contributed by atoms with E-state index in [1.54, 1.807) is 19.1 Å². The van der Waals surface area contributed by atoms with E-state index in [2.05, 4.69) is 0 Å². The Morgan fingerprint density at radius 1 is 1.24 bits per heavy atom. The van der Waals surface area contributed by atoms with Crippen LogP contribution >= 0.6 is 0 Å². The van der Waals surface area contributed by atoms with E-state index in [4.69, 9.17) is 0 Å². The Morgan fingerprint density at radius 2 is 1.90 bits per heavy atom. The zero-order valence-electron chi connectivity index (χ0n) is 11.6. The van der Waals surface area contributed by atoms with E-state index in [0.717, 1.165) is 23.8 Å². The molecule has 110 valence electrons. The number of nitrogens with zero attached hydrogens (tertiary/aromatic N) is 1. The van der Waals surface area contributed by atoms with Gasteiger partial charge in [0.15, 0.2) is 0 Å². The zero-order valence-corrected chi connectivity index (χ0v) is 11.6. The predicted molar refractivity (Wildman–Crippen MR) is 77.3 cm³/mol. The normalized spacial score (nSPS) is 13.7. The highest BCUT2D eigenvalue weighted by atomic mass is 19.1. The lowest BCUT2D eigenvalue weighted by atomic mass is 9.91. The van der Waals surface area contributed by atoms with Crippen LogP contribution in [0, 0.1) is 21.8 Å². The number of halogens is 1. The lowest BCUT2D eigenvalue weighted by Crippen LogP contribution is -2.13. The van der Waals surface area contributed by atoms with Gasteiger partial charge in [0.1, 0.15) is 5.82 Å². The van der Waals surface area contributed by atoms with Crippen molar-refractivity contribution in [1.29, 1.82) is 0 Å². The Balaban J connectivity index is 2.21. The molecule has 0 aromatic heterocycles. The SMILES string of the molecule is CC(Cc1cc(F)ccc1[N+](=O)[O-])C(O)c1ccccc1. The standard InChI is InChI=1S/C16H16FNO3/c1-11(16(19)12-5-3-2-4-6-12)9-13-10-14(17)7-8-15(13)18(20)21/h2-8,10-11,16,19H,9H2,1H3. The third kappa shape index (κ3) is 3.64. The summed E-state index contributed by atoms with van der Waals surface area (Å²) in [5, 5.41) is 21.3. The first-order chi connectivity index (χ1) is 9.99. The monoisotopic (exact) mass is 289 g/mol. The van der Waals surface area contributed by atoms with E-state index in [0.29, 0.717) is 5.56 Å². The Bertz CT molecular complexity index is 631. The first kappa shape index (κ1) is 15.1. The summed E-state index contributed by atoms with van der Waals surface area (Å²) in [6.45, 7) is 1.78. The fourth-order valence-electron chi connectivity index (χ4n) is 2.33. The van der Waals surface area contributed by atoms with E-state index >= 15 is 0 Å². The summed E-state index contributed by atoms with van der Waals surface area (Å²) in [5.74, 6) is -0.787. The van der Waals surface area contributed by atoms with E-state index in [-0.39, 0.29) is 18.0 Å². The molecule has 0 saturated carbocycles. The summed E-state index contributed by atoms with van der Waals surface area (Å²) < 4.78 is 13.3. The number of nitro groups is 1. The molecule has 1 N–H and O–H groups in total. The molecule has 5 heteroatoms. The van der Waals surface area contributed by atoms with Gasteiger partial charge in [-0.2, -0.15) is 0 Å². The van der Waals surface area contributed by atoms with Gasteiger partial charge >= 0.3 is 0 Å². The highest BCUT2D eigenvalue weighted by Crippen LogP contribution is 2.28. The van der Waals surface area contributed by atoms with Crippen molar-refractivity contribution >= 4 is 5.69 Å². The van der Waals surface area contributed by atoms with Gasteiger partial charge in [0.25, 0.3) is 5.69 Å². The van der Waals surface area contributed by atoms with Gasteiger partial charge in [0, 0.05) is 11.6 Å². The Morgan fingerprint density at radius 3 is 2.52 bits per heavy atom. The largest absolute Gasteiger partial charge is 0.388 e. The fraction of sp³-hybridized carbons (Fsp3) is 0.250. The van der Waals surface area contributed by atoms with Gasteiger partial charge in [-0.1, -0.05) is 37.3 Å². The van der Waals surface area contributed by atoms with Crippen LogP contribution < -0.4 is 0 Å². The van der Waals surface area contributed by atoms with Crippen LogP contribution in [0.15, 0.2) is 48.5 Å². The number of nitro benzene ring substituents is 1. The van der Waals surface area contributed by atoms with Crippen LogP contribution in [0.3, 0.4) is 0 Å². The maximum atomic E-state index is 13.3. The topological polar surface area (TPSA) is 63.4 Å². The average Bonchev–Trinajstić information content (AvgIpc) is 2.47. The third-order valence-electron chi connectivity index (χ3n) is 3.46. The van der Waals surface area contributed by atoms with Crippen LogP contribution in [-0.4, -0.2) is 10.0 Å². The maximum Gasteiger partial charge on any atom is 0.272 e. The first-order valence-corrected chi connectivity index (χ1v) is 6.65. The number of aliphatic hydroxyl groups excluding tert-OH is 1. The van der Waals surface area contributed by atoms with Crippen molar-refractivity contribution in [2.75, 3.05) is 0 Å². The molecule has 4 nitrogen and oxygen atoms in total. The molecular weight excluding hydrogens is 273 g/mol. The second kappa shape index (κ2) is 6.45. The molecule has 2 aromatic rings. The Hall–Kier alpha value is -2.27. The first-order valence-electron chi connectivity index (χ1n) is 6.65. The molecule has 2 unspecified atom stereocenters. The van der Waals surface area contributed by atoms with Crippen LogP contribution in [0.25, 0.3) is 0 Å². The lowest BCUT2D eigenvalue weighted by Gasteiger charge is -2.19. The van der Waals surface area contributed by atoms with E-state index in [1.165, 1.54) is 0 Å². The fourth-order valence-corrected chi connectivity index (χ4v) is 2.33. The molecule has 0 aliphatic rings. The predicted octanol–water partition coefficient (Wildman–Crippen LogP) is 3.65. The van der Waals surface area contributed by atoms with E-state index in [9.17, 15) is 19.6 Å². The summed E-state index contributed by atoms with van der Waals surface area (Å²) in [6.07, 6.45) is -0.529. The van der Waals surface area contributed by atoms with Crippen LogP contribution in [0.1, 0.15) is 24.2 Å². The molecule has 2 atom stereocenters. The molecule has 0 amide bonds. The van der Waals surface area contributed by atoms with Crippen LogP contribution in [-0.2, 0) is 6.42 Å². The smallest absolute Gasteiger partial charge is 0.272 e. The summed E-state index contributed by atoms with van der Waals surface area (Å²) in [6, 6.07) is 12.4. The average molecular weight is 289 g/mol. The summed E-state index contributed by atoms with van der Waals surface area (Å²) >= 11 is 0. The summed E-state index contributed by atoms with van der Waals surface area (Å²) in [5.41, 5.74) is 0.912. The molecule has 0 aliphatic heterocycles. The summed E-state index contributed by atoms with van der Waals surface area (Å²) in [7, 11) is 0. The number of aliphatic hydroxyl groups is 1. The quantitative estimate of drug-likeness (QED) is 0.675. The molecule has 0 heterocycles. The molecule has 0 aliphatic carbocycles. The number of hydrogen-bond acceptors (Lipinski definition) is 3. The van der Waals surface area contributed by atoms with Crippen LogP contribution in [0.2, 0.25) is 0 Å². The molecule has 0 fully saturated rings. The van der Waals surface area contributed by atoms with Gasteiger partial charge < -0.3 is 5.11 Å². The molecule has 0 bridgehead atoms. The lowest BCUT2D eigenvalue weighted by molar-refractivity contribution is -0.385. The van der Waals surface area contributed by atoms with E-state index in [1.807, 2.05) is 18.2 Å². The Labute approximate surface area is 122 Å². The van der Waals surface area contributed by atoms with Crippen LogP contribution in [0.5, 0.6) is 0 Å². The molecule has 0 spiro atoms. The number of hydrogen-bond donors (Lipinski definition) is 1. The van der Waals surface area contributed by atoms with Gasteiger partial charge in [-0.05, 0) is 30.0 Å². The molecule has 0 radical (unpaired) electrons. The van der Waals surface area contributed by atoms with Crippen molar-refractivity contribution in [3.8, 4) is 0 Å². The molecule has 21 heavy (non-hydrogen) atoms. The number of rotatable bonds is 5. The highest BCUT2D eigenvalue weighted by Gasteiger charge is 2.21. The minimum atomic E-state index is -0.755. The summed E-state index contributed by atoms with van der Waals surface area (Å²) in [4.78, 5) is 10.4. The van der Waals surface area contributed by atoms with Gasteiger partial charge in [-0.15, -0.1) is 0 Å². The maximum absolute atomic E-state index is 13.3. The molecular formula is C16H16FNO3. The highest BCUT2D eigenvalue weighted by molar-refractivity contribution is 5.40. The van der Waals surface area contributed by atoms with Crippen molar-refractivity contribution in [2.45, 2.75) is 19.4 Å². The van der Waals surface area contributed by atoms with Gasteiger partial charge in [-0.25, -0.2) is 4.39 Å². The number of benzene rings is 2. The van der Waals surface area contributed by atoms with Gasteiger partial charge in [0.05, 0.1) is 11.0 Å². The third-order valence-corrected chi connectivity index (χ3v) is 3.46. The van der Waals surface area contributed by atoms with E-state index < -0.39 is 16.8 Å². The van der Waals surface area contributed by atoms with Crippen LogP contribution in [0.4, 0.5) is 10.1 Å². The van der Waals surface area contributed by atoms with Crippen molar-refractivity contribution in [3.05, 3.63) is 75.6 Å². The second-order valence-corrected chi connectivity index (χ2v) is 5.07. The minimum Gasteiger partial charge on any atom is -0.388 e. The van der Waals surface area contributed by atoms with Crippen molar-refractivity contribution in [3.63, 3.8) is 0 Å². The van der Waals surface area contributed by atoms with Crippen molar-refractivity contribution in [1.82, 2.24) is 0 Å². The molecule has 2 rings (SSSR count).